The minimum Gasteiger partial charge on any atom is -0.495 e. The lowest BCUT2D eigenvalue weighted by atomic mass is 9.87. The van der Waals surface area contributed by atoms with Gasteiger partial charge in [0.2, 0.25) is 0 Å². The van der Waals surface area contributed by atoms with E-state index >= 15 is 0 Å². The molecule has 1 spiro atoms. The van der Waals surface area contributed by atoms with E-state index in [1.54, 1.807) is 6.08 Å². The highest BCUT2D eigenvalue weighted by Gasteiger charge is 2.50. The molecular formula is C25H30Br4N3O7+. The maximum Gasteiger partial charge on any atom is 0.362 e. The Kier molecular flexibility index (Phi) is 10.7. The number of hydrogen-bond acceptors (Lipinski definition) is 7. The molecule has 1 aliphatic carbocycles. The van der Waals surface area contributed by atoms with Crippen molar-refractivity contribution in [3.8, 4) is 5.75 Å². The highest BCUT2D eigenvalue weighted by atomic mass is 79.9. The van der Waals surface area contributed by atoms with Crippen LogP contribution in [0.3, 0.4) is 0 Å². The van der Waals surface area contributed by atoms with Crippen molar-refractivity contribution in [3.05, 3.63) is 47.4 Å². The molecule has 3 N–H and O–H groups in total. The first-order chi connectivity index (χ1) is 18.2. The zero-order valence-corrected chi connectivity index (χ0v) is 28.1. The van der Waals surface area contributed by atoms with Gasteiger partial charge in [0.1, 0.15) is 23.3 Å². The van der Waals surface area contributed by atoms with Crippen LogP contribution < -0.4 is 10.1 Å². The number of methoxy groups -OCH3 is 1. The lowest BCUT2D eigenvalue weighted by Crippen LogP contribution is -2.50. The Balaban J connectivity index is 1.54. The van der Waals surface area contributed by atoms with Gasteiger partial charge in [-0.1, -0.05) is 37.0 Å². The van der Waals surface area contributed by atoms with E-state index in [-0.39, 0.29) is 18.7 Å². The predicted octanol–water partition coefficient (Wildman–Crippen LogP) is 4.22. The number of rotatable bonds is 11. The van der Waals surface area contributed by atoms with Gasteiger partial charge >= 0.3 is 5.97 Å². The summed E-state index contributed by atoms with van der Waals surface area (Å²) in [5.74, 6) is -0.216. The molecule has 2 aliphatic rings. The number of carbonyl (C=O) groups excluding carboxylic acids is 1. The fraction of sp³-hybridized carbons (Fsp3) is 0.480. The van der Waals surface area contributed by atoms with Gasteiger partial charge in [-0.05, 0) is 62.1 Å². The van der Waals surface area contributed by atoms with Crippen LogP contribution in [0, 0.1) is 0 Å². The number of benzene rings is 1. The molecule has 0 aromatic heterocycles. The van der Waals surface area contributed by atoms with Crippen LogP contribution in [-0.4, -0.2) is 91.4 Å². The number of quaternary nitrogens is 1. The first-order valence-corrected chi connectivity index (χ1v) is 15.1. The third-order valence-electron chi connectivity index (χ3n) is 6.40. The maximum atomic E-state index is 12.8. The van der Waals surface area contributed by atoms with Crippen molar-refractivity contribution in [2.75, 3.05) is 41.4 Å². The molecule has 214 valence electrons. The fourth-order valence-electron chi connectivity index (χ4n) is 4.25. The molecule has 1 aromatic carbocycles. The lowest BCUT2D eigenvalue weighted by Gasteiger charge is -2.33. The second-order valence-corrected chi connectivity index (χ2v) is 13.4. The molecule has 1 aromatic rings. The van der Waals surface area contributed by atoms with E-state index in [9.17, 15) is 19.8 Å². The average Bonchev–Trinajstić information content (AvgIpc) is 3.26. The summed E-state index contributed by atoms with van der Waals surface area (Å²) in [5, 5.41) is 27.0. The summed E-state index contributed by atoms with van der Waals surface area (Å²) >= 11 is 13.9. The first-order valence-electron chi connectivity index (χ1n) is 11.9. The number of allylic oxidation sites excluding steroid dienone is 1. The molecule has 0 saturated heterocycles. The summed E-state index contributed by atoms with van der Waals surface area (Å²) in [5.41, 5.74) is -0.124. The topological polar surface area (TPSA) is 127 Å². The van der Waals surface area contributed by atoms with Crippen molar-refractivity contribution in [2.45, 2.75) is 37.0 Å². The Hall–Kier alpha value is -1.45. The van der Waals surface area contributed by atoms with E-state index in [4.69, 9.17) is 14.3 Å². The number of carboxylic acids is 1. The molecule has 3 atom stereocenters. The highest BCUT2D eigenvalue weighted by molar-refractivity contribution is 9.12. The molecule has 0 bridgehead atoms. The third-order valence-corrected chi connectivity index (χ3v) is 9.20. The number of nitrogens with one attached hydrogen (secondary N) is 1. The van der Waals surface area contributed by atoms with Gasteiger partial charge in [-0.3, -0.25) is 4.79 Å². The number of carbonyl (C=O) groups is 2. The molecular weight excluding hydrogens is 774 g/mol. The van der Waals surface area contributed by atoms with Crippen molar-refractivity contribution in [1.82, 2.24) is 5.32 Å². The molecule has 1 aliphatic heterocycles. The number of aliphatic hydroxyl groups excluding tert-OH is 1. The summed E-state index contributed by atoms with van der Waals surface area (Å²) in [4.78, 5) is 29.9. The molecule has 39 heavy (non-hydrogen) atoms. The van der Waals surface area contributed by atoms with Crippen LogP contribution in [0.4, 0.5) is 0 Å². The Morgan fingerprint density at radius 2 is 1.87 bits per heavy atom. The summed E-state index contributed by atoms with van der Waals surface area (Å²) < 4.78 is 14.0. The van der Waals surface area contributed by atoms with Crippen LogP contribution in [0.15, 0.2) is 47.0 Å². The molecule has 1 heterocycles. The van der Waals surface area contributed by atoms with Gasteiger partial charge in [0, 0.05) is 28.3 Å². The van der Waals surface area contributed by atoms with Crippen LogP contribution >= 0.6 is 63.7 Å². The number of nitrogens with zero attached hydrogens (tertiary/aromatic N) is 2. The number of ether oxygens (including phenoxy) is 2. The number of likely N-dealkylation sites (N-methyl/N-ethyl adjacent to an activating group) is 1. The van der Waals surface area contributed by atoms with E-state index in [0.717, 1.165) is 14.5 Å². The monoisotopic (exact) mass is 800 g/mol. The Morgan fingerprint density at radius 3 is 2.44 bits per heavy atom. The summed E-state index contributed by atoms with van der Waals surface area (Å²) in [7, 11) is 7.01. The van der Waals surface area contributed by atoms with Crippen LogP contribution in [0.1, 0.15) is 18.4 Å². The van der Waals surface area contributed by atoms with Gasteiger partial charge in [-0.15, -0.1) is 0 Å². The number of aliphatic carboxylic acids is 1. The summed E-state index contributed by atoms with van der Waals surface area (Å²) in [6, 6.07) is 3.05. The highest BCUT2D eigenvalue weighted by Crippen LogP contribution is 2.44. The van der Waals surface area contributed by atoms with E-state index in [1.165, 1.54) is 7.11 Å². The van der Waals surface area contributed by atoms with Gasteiger partial charge in [0.25, 0.3) is 5.91 Å². The second-order valence-electron chi connectivity index (χ2n) is 10.0. The first kappa shape index (κ1) is 32.1. The fourth-order valence-corrected chi connectivity index (χ4v) is 7.59. The van der Waals surface area contributed by atoms with E-state index in [0.29, 0.717) is 44.3 Å². The minimum atomic E-state index is -1.22. The average molecular weight is 804 g/mol. The van der Waals surface area contributed by atoms with E-state index in [1.807, 2.05) is 33.3 Å². The Morgan fingerprint density at radius 1 is 1.23 bits per heavy atom. The largest absolute Gasteiger partial charge is 0.495 e. The molecule has 14 heteroatoms. The quantitative estimate of drug-likeness (QED) is 0.286. The van der Waals surface area contributed by atoms with Gasteiger partial charge < -0.3 is 34.3 Å². The van der Waals surface area contributed by atoms with Crippen LogP contribution in [0.5, 0.6) is 5.75 Å². The summed E-state index contributed by atoms with van der Waals surface area (Å²) in [6.45, 7) is 0.581. The van der Waals surface area contributed by atoms with Gasteiger partial charge in [0.05, 0.1) is 43.8 Å². The molecule has 0 saturated carbocycles. The van der Waals surface area contributed by atoms with Crippen LogP contribution in [0.2, 0.25) is 0 Å². The normalized spacial score (nSPS) is 21.7. The summed E-state index contributed by atoms with van der Waals surface area (Å²) in [6.07, 6.45) is 1.50. The SMILES string of the molecule is COC1=C(Br)[C@H](O)[C@@]2(C=C1Br)CC(C(=O)NCCc1c(Br)cc(OCC[C@@H](C(=O)O)[N+](C)(C)C)cc1Br)=NO2. The number of halogens is 4. The molecule has 1 amide bonds. The Labute approximate surface area is 260 Å². The molecule has 10 nitrogen and oxygen atoms in total. The number of amides is 1. The zero-order valence-electron chi connectivity index (χ0n) is 21.8. The second kappa shape index (κ2) is 13.0. The van der Waals surface area contributed by atoms with E-state index < -0.39 is 29.6 Å². The molecule has 3 rings (SSSR count). The minimum absolute atomic E-state index is 0.0808. The van der Waals surface area contributed by atoms with Crippen LogP contribution in [-0.2, 0) is 25.6 Å². The van der Waals surface area contributed by atoms with Crippen molar-refractivity contribution in [2.24, 2.45) is 5.16 Å². The number of carboxylic acid groups (broad SMARTS) is 1. The Bertz CT molecular complexity index is 1210. The number of aliphatic hydroxyl groups is 1. The number of hydrogen-bond donors (Lipinski definition) is 3. The van der Waals surface area contributed by atoms with Gasteiger partial charge in [-0.25, -0.2) is 4.79 Å². The van der Waals surface area contributed by atoms with Crippen molar-refractivity contribution in [1.29, 1.82) is 0 Å². The lowest BCUT2D eigenvalue weighted by molar-refractivity contribution is -0.887. The van der Waals surface area contributed by atoms with Gasteiger partial charge in [0.15, 0.2) is 11.6 Å². The molecule has 0 unspecified atom stereocenters. The maximum absolute atomic E-state index is 12.8. The van der Waals surface area contributed by atoms with Gasteiger partial charge in [-0.2, -0.15) is 0 Å². The number of oxime groups is 1. The van der Waals surface area contributed by atoms with E-state index in [2.05, 4.69) is 74.2 Å². The molecule has 0 radical (unpaired) electrons. The van der Waals surface area contributed by atoms with Crippen molar-refractivity contribution >= 4 is 81.3 Å². The molecule has 0 fully saturated rings. The zero-order chi connectivity index (χ0) is 29.1. The van der Waals surface area contributed by atoms with Crippen molar-refractivity contribution < 1.29 is 38.6 Å². The standard InChI is InChI=1S/C25H29Br4N3O7/c1-32(2,3)19(24(35)36)6-8-38-13-9-15(26)14(16(27)10-13)5-7-30-23(34)18-12-25(39-31-18)11-17(28)21(37-4)20(29)22(25)33/h9-11,19,22,33H,5-8,12H2,1-4H3,(H-,30,34,35,36)/p+1/t19-,22-,25+/m0/s1. The van der Waals surface area contributed by atoms with Crippen LogP contribution in [0.25, 0.3) is 0 Å². The third kappa shape index (κ3) is 7.45. The van der Waals surface area contributed by atoms with Crippen molar-refractivity contribution in [3.63, 3.8) is 0 Å². The smallest absolute Gasteiger partial charge is 0.362 e. The predicted molar refractivity (Wildman–Crippen MR) is 160 cm³/mol.